The molecule has 13 heteroatoms. The van der Waals surface area contributed by atoms with Gasteiger partial charge in [-0.15, -0.1) is 0 Å². The van der Waals surface area contributed by atoms with Gasteiger partial charge in [0.05, 0.1) is 57.4 Å². The van der Waals surface area contributed by atoms with E-state index in [1.807, 2.05) is 43.3 Å². The van der Waals surface area contributed by atoms with Gasteiger partial charge in [-0.25, -0.2) is 14.6 Å². The Bertz CT molecular complexity index is 2170. The van der Waals surface area contributed by atoms with Crippen molar-refractivity contribution < 1.29 is 33.3 Å². The maximum Gasteiger partial charge on any atom is 0.343 e. The number of halogens is 1. The Morgan fingerprint density at radius 1 is 1.02 bits per heavy atom. The first kappa shape index (κ1) is 35.4. The van der Waals surface area contributed by atoms with Gasteiger partial charge in [0.1, 0.15) is 12.4 Å². The maximum absolute atomic E-state index is 14.1. The fourth-order valence-corrected chi connectivity index (χ4v) is 6.91. The lowest BCUT2D eigenvalue weighted by Gasteiger charge is -2.25. The molecule has 0 saturated carbocycles. The highest BCUT2D eigenvalue weighted by Gasteiger charge is 2.34. The van der Waals surface area contributed by atoms with E-state index in [-0.39, 0.29) is 31.0 Å². The molecule has 2 heterocycles. The van der Waals surface area contributed by atoms with Crippen molar-refractivity contribution in [1.82, 2.24) is 4.57 Å². The number of benzene rings is 3. The van der Waals surface area contributed by atoms with E-state index in [4.69, 9.17) is 18.9 Å². The third-order valence-corrected chi connectivity index (χ3v) is 9.27. The highest BCUT2D eigenvalue weighted by molar-refractivity contribution is 14.1. The molecule has 1 aliphatic heterocycles. The Balaban J connectivity index is 1.54. The van der Waals surface area contributed by atoms with Crippen LogP contribution >= 0.6 is 33.9 Å². The molecule has 0 amide bonds. The van der Waals surface area contributed by atoms with E-state index in [9.17, 15) is 19.6 Å². The molecule has 0 spiro atoms. The average molecular weight is 794 g/mol. The van der Waals surface area contributed by atoms with Gasteiger partial charge in [-0.3, -0.25) is 9.36 Å². The van der Waals surface area contributed by atoms with Gasteiger partial charge in [0.2, 0.25) is 0 Å². The molecule has 1 aromatic heterocycles. The summed E-state index contributed by atoms with van der Waals surface area (Å²) in [6.45, 7) is 5.59. The van der Waals surface area contributed by atoms with Crippen molar-refractivity contribution in [2.75, 3.05) is 26.9 Å². The zero-order chi connectivity index (χ0) is 35.1. The summed E-state index contributed by atoms with van der Waals surface area (Å²) >= 11 is 3.38. The molecule has 0 N–H and O–H groups in total. The van der Waals surface area contributed by atoms with E-state index < -0.39 is 18.0 Å². The molecule has 4 aromatic rings. The van der Waals surface area contributed by atoms with Crippen LogP contribution in [-0.2, 0) is 25.7 Å². The predicted octanol–water partition coefficient (Wildman–Crippen LogP) is 4.80. The maximum atomic E-state index is 14.1. The number of nitrogens with zero attached hydrogens (tertiary/aromatic N) is 3. The summed E-state index contributed by atoms with van der Waals surface area (Å²) in [6, 6.07) is 19.2. The second-order valence-corrected chi connectivity index (χ2v) is 12.7. The normalized spacial score (nSPS) is 14.0. The van der Waals surface area contributed by atoms with Crippen LogP contribution < -0.4 is 29.1 Å². The lowest BCUT2D eigenvalue weighted by Crippen LogP contribution is -2.40. The van der Waals surface area contributed by atoms with Gasteiger partial charge in [0, 0.05) is 5.56 Å². The number of rotatable bonds is 12. The number of hydrogen-bond acceptors (Lipinski definition) is 11. The van der Waals surface area contributed by atoms with Crippen LogP contribution in [0.2, 0.25) is 0 Å². The number of hydrogen-bond donors (Lipinski definition) is 0. The zero-order valence-corrected chi connectivity index (χ0v) is 30.1. The third kappa shape index (κ3) is 7.87. The van der Waals surface area contributed by atoms with Crippen LogP contribution in [0.25, 0.3) is 6.08 Å². The molecule has 1 aliphatic rings. The number of esters is 2. The summed E-state index contributed by atoms with van der Waals surface area (Å²) in [6.07, 6.45) is 1.77. The number of methoxy groups -OCH3 is 1. The molecular weight excluding hydrogens is 761 g/mol. The standard InChI is InChI=1S/C36H32IN3O8S/c1-5-45-29-17-23(12-14-28(29)48-20-31(41)44-4)33-32(35(43)46-6-2)21(3)39-36-40(33)34(42)30(49-36)16-22-11-13-27(26(37)15-22)47-19-25-10-8-7-9-24(25)18-38/h7-17,33H,5-6,19-20H2,1-4H3/b30-16-/t33-/m0/s1. The Kier molecular flexibility index (Phi) is 11.5. The Morgan fingerprint density at radius 3 is 2.51 bits per heavy atom. The fourth-order valence-electron chi connectivity index (χ4n) is 5.17. The van der Waals surface area contributed by atoms with Gasteiger partial charge in [-0.1, -0.05) is 41.7 Å². The molecule has 0 bridgehead atoms. The van der Waals surface area contributed by atoms with Crippen molar-refractivity contribution in [3.8, 4) is 23.3 Å². The topological polar surface area (TPSA) is 138 Å². The number of thiazole rings is 1. The Labute approximate surface area is 299 Å². The van der Waals surface area contributed by atoms with Crippen molar-refractivity contribution in [2.24, 2.45) is 4.99 Å². The summed E-state index contributed by atoms with van der Waals surface area (Å²) in [4.78, 5) is 44.3. The van der Waals surface area contributed by atoms with Crippen molar-refractivity contribution in [3.63, 3.8) is 0 Å². The molecule has 0 aliphatic carbocycles. The van der Waals surface area contributed by atoms with E-state index in [0.717, 1.165) is 14.7 Å². The van der Waals surface area contributed by atoms with Crippen molar-refractivity contribution >= 4 is 51.9 Å². The van der Waals surface area contributed by atoms with Crippen molar-refractivity contribution in [3.05, 3.63) is 117 Å². The number of carbonyl (C=O) groups excluding carboxylic acids is 2. The van der Waals surface area contributed by atoms with Crippen LogP contribution in [-0.4, -0.2) is 43.4 Å². The second kappa shape index (κ2) is 16.0. The van der Waals surface area contributed by atoms with Gasteiger partial charge in [-0.05, 0) is 90.9 Å². The minimum Gasteiger partial charge on any atom is -0.490 e. The molecule has 5 rings (SSSR count). The Morgan fingerprint density at radius 2 is 1.80 bits per heavy atom. The molecule has 1 atom stereocenters. The summed E-state index contributed by atoms with van der Waals surface area (Å²) < 4.78 is 30.3. The van der Waals surface area contributed by atoms with Gasteiger partial charge < -0.3 is 23.7 Å². The van der Waals surface area contributed by atoms with Gasteiger partial charge in [0.25, 0.3) is 5.56 Å². The van der Waals surface area contributed by atoms with Gasteiger partial charge in [0.15, 0.2) is 22.9 Å². The summed E-state index contributed by atoms with van der Waals surface area (Å²) in [5, 5.41) is 9.39. The molecule has 0 radical (unpaired) electrons. The lowest BCUT2D eigenvalue weighted by atomic mass is 9.95. The van der Waals surface area contributed by atoms with Crippen molar-refractivity contribution in [2.45, 2.75) is 33.4 Å². The number of allylic oxidation sites excluding steroid dienone is 1. The van der Waals surface area contributed by atoms with Crippen molar-refractivity contribution in [1.29, 1.82) is 5.26 Å². The number of fused-ring (bicyclic) bond motifs is 1. The first-order valence-electron chi connectivity index (χ1n) is 15.2. The van der Waals surface area contributed by atoms with E-state index in [0.29, 0.717) is 50.0 Å². The zero-order valence-electron chi connectivity index (χ0n) is 27.2. The molecule has 252 valence electrons. The largest absolute Gasteiger partial charge is 0.490 e. The van der Waals surface area contributed by atoms with E-state index in [1.54, 1.807) is 44.2 Å². The molecule has 0 saturated heterocycles. The predicted molar refractivity (Wildman–Crippen MR) is 190 cm³/mol. The third-order valence-electron chi connectivity index (χ3n) is 7.45. The number of ether oxygens (including phenoxy) is 5. The highest BCUT2D eigenvalue weighted by Crippen LogP contribution is 2.36. The molecule has 0 unspecified atom stereocenters. The molecular formula is C36H32IN3O8S. The highest BCUT2D eigenvalue weighted by atomic mass is 127. The van der Waals surface area contributed by atoms with Crippen LogP contribution in [0, 0.1) is 14.9 Å². The van der Waals surface area contributed by atoms with E-state index >= 15 is 0 Å². The molecule has 49 heavy (non-hydrogen) atoms. The summed E-state index contributed by atoms with van der Waals surface area (Å²) in [5.74, 6) is 0.135. The SMILES string of the molecule is CCOC(=O)C1=C(C)N=c2s/c(=C\c3ccc(OCc4ccccc4C#N)c(I)c3)c(=O)n2[C@H]1c1ccc(OCC(=O)OC)c(OCC)c1. The van der Waals surface area contributed by atoms with Gasteiger partial charge in [-0.2, -0.15) is 5.26 Å². The van der Waals surface area contributed by atoms with Crippen LogP contribution in [0.3, 0.4) is 0 Å². The monoisotopic (exact) mass is 793 g/mol. The number of carbonyl (C=O) groups is 2. The van der Waals surface area contributed by atoms with Crippen LogP contribution in [0.5, 0.6) is 17.2 Å². The number of aromatic nitrogens is 1. The minimum atomic E-state index is -0.876. The fraction of sp³-hybridized carbons (Fsp3) is 0.250. The average Bonchev–Trinajstić information content (AvgIpc) is 3.40. The van der Waals surface area contributed by atoms with Crippen LogP contribution in [0.15, 0.2) is 81.7 Å². The summed E-state index contributed by atoms with van der Waals surface area (Å²) in [5.41, 5.74) is 2.98. The number of nitriles is 1. The van der Waals surface area contributed by atoms with E-state index in [1.165, 1.54) is 23.0 Å². The van der Waals surface area contributed by atoms with E-state index in [2.05, 4.69) is 38.4 Å². The second-order valence-electron chi connectivity index (χ2n) is 10.6. The minimum absolute atomic E-state index is 0.139. The first-order chi connectivity index (χ1) is 23.7. The summed E-state index contributed by atoms with van der Waals surface area (Å²) in [7, 11) is 1.27. The smallest absolute Gasteiger partial charge is 0.343 e. The molecule has 11 nitrogen and oxygen atoms in total. The van der Waals surface area contributed by atoms with Crippen LogP contribution in [0.1, 0.15) is 49.1 Å². The lowest BCUT2D eigenvalue weighted by molar-refractivity contribution is -0.143. The van der Waals surface area contributed by atoms with Crippen LogP contribution in [0.4, 0.5) is 0 Å². The molecule has 0 fully saturated rings. The van der Waals surface area contributed by atoms with Gasteiger partial charge >= 0.3 is 11.9 Å². The first-order valence-corrected chi connectivity index (χ1v) is 17.1. The molecule has 3 aromatic carbocycles. The quantitative estimate of drug-likeness (QED) is 0.146. The Hall–Kier alpha value is -4.94.